The molecule has 5 heteroatoms. The first-order chi connectivity index (χ1) is 15.2. The first-order valence-corrected chi connectivity index (χ1v) is 11.5. The van der Waals surface area contributed by atoms with E-state index >= 15 is 0 Å². The van der Waals surface area contributed by atoms with E-state index in [0.29, 0.717) is 19.2 Å². The molecule has 31 heavy (non-hydrogen) atoms. The first kappa shape index (κ1) is 23.3. The lowest BCUT2D eigenvalue weighted by Crippen LogP contribution is -2.38. The van der Waals surface area contributed by atoms with Gasteiger partial charge in [0.1, 0.15) is 12.4 Å². The molecule has 1 fully saturated rings. The Hall–Kier alpha value is -2.37. The molecule has 1 saturated heterocycles. The summed E-state index contributed by atoms with van der Waals surface area (Å²) in [5.41, 5.74) is 2.12. The zero-order chi connectivity index (χ0) is 21.9. The molecule has 1 amide bonds. The predicted octanol–water partition coefficient (Wildman–Crippen LogP) is 4.38. The molecular formula is C26H36N2O3. The average molecular weight is 425 g/mol. The number of hydrogen-bond acceptors (Lipinski definition) is 4. The van der Waals surface area contributed by atoms with E-state index in [1.165, 1.54) is 0 Å². The lowest BCUT2D eigenvalue weighted by molar-refractivity contribution is -0.122. The Labute approximate surface area is 186 Å². The number of hydrogen-bond donors (Lipinski definition) is 1. The van der Waals surface area contributed by atoms with Gasteiger partial charge in [-0.1, -0.05) is 55.8 Å². The summed E-state index contributed by atoms with van der Waals surface area (Å²) in [6.07, 6.45) is 4.00. The molecule has 5 nitrogen and oxygen atoms in total. The highest BCUT2D eigenvalue weighted by molar-refractivity contribution is 5.83. The van der Waals surface area contributed by atoms with Crippen LogP contribution < -0.4 is 10.1 Å². The summed E-state index contributed by atoms with van der Waals surface area (Å²) >= 11 is 0. The fourth-order valence-electron chi connectivity index (χ4n) is 4.10. The Bertz CT molecular complexity index is 790. The highest BCUT2D eigenvalue weighted by atomic mass is 16.5. The molecule has 3 rings (SSSR count). The average Bonchev–Trinajstić information content (AvgIpc) is 2.82. The summed E-state index contributed by atoms with van der Waals surface area (Å²) in [4.78, 5) is 15.2. The zero-order valence-electron chi connectivity index (χ0n) is 18.9. The fourth-order valence-corrected chi connectivity index (χ4v) is 4.10. The summed E-state index contributed by atoms with van der Waals surface area (Å²) < 4.78 is 11.4. The number of carbonyl (C=O) groups excluding carboxylic acids is 1. The van der Waals surface area contributed by atoms with E-state index < -0.39 is 0 Å². The standard InChI is InChI=1S/C26H36N2O3/c1-3-8-25(22-10-5-4-6-11-22)26(29)27-20-21-9-7-12-24(19-21)31-18-15-28(2)23-13-16-30-17-14-23/h4-7,9-12,19,23,25H,3,8,13-18,20H2,1-2H3,(H,27,29). The molecule has 1 atom stereocenters. The van der Waals surface area contributed by atoms with E-state index in [2.05, 4.69) is 24.2 Å². The third-order valence-corrected chi connectivity index (χ3v) is 5.99. The van der Waals surface area contributed by atoms with Gasteiger partial charge in [-0.2, -0.15) is 0 Å². The van der Waals surface area contributed by atoms with Gasteiger partial charge in [-0.3, -0.25) is 9.69 Å². The van der Waals surface area contributed by atoms with Crippen LogP contribution >= 0.6 is 0 Å². The Morgan fingerprint density at radius 1 is 1.16 bits per heavy atom. The molecule has 1 aliphatic heterocycles. The number of rotatable bonds is 11. The smallest absolute Gasteiger partial charge is 0.227 e. The fraction of sp³-hybridized carbons (Fsp3) is 0.500. The molecule has 1 unspecified atom stereocenters. The van der Waals surface area contributed by atoms with Crippen LogP contribution in [0.2, 0.25) is 0 Å². The highest BCUT2D eigenvalue weighted by Gasteiger charge is 2.19. The van der Waals surface area contributed by atoms with Crippen LogP contribution in [0.1, 0.15) is 49.7 Å². The SMILES string of the molecule is CCCC(C(=O)NCc1cccc(OCCN(C)C2CCOCC2)c1)c1ccccc1. The van der Waals surface area contributed by atoms with Crippen LogP contribution in [0.4, 0.5) is 0 Å². The van der Waals surface area contributed by atoms with Gasteiger partial charge < -0.3 is 14.8 Å². The van der Waals surface area contributed by atoms with Crippen LogP contribution in [0, 0.1) is 0 Å². The van der Waals surface area contributed by atoms with Crippen LogP contribution in [0.15, 0.2) is 54.6 Å². The first-order valence-electron chi connectivity index (χ1n) is 11.5. The van der Waals surface area contributed by atoms with E-state index in [1.54, 1.807) is 0 Å². The lowest BCUT2D eigenvalue weighted by atomic mass is 9.93. The Morgan fingerprint density at radius 2 is 1.94 bits per heavy atom. The van der Waals surface area contributed by atoms with E-state index in [-0.39, 0.29) is 11.8 Å². The maximum atomic E-state index is 12.8. The van der Waals surface area contributed by atoms with Crippen molar-refractivity contribution in [1.29, 1.82) is 0 Å². The van der Waals surface area contributed by atoms with Gasteiger partial charge in [0.2, 0.25) is 5.91 Å². The minimum absolute atomic E-state index is 0.0810. The van der Waals surface area contributed by atoms with Crippen molar-refractivity contribution in [3.63, 3.8) is 0 Å². The van der Waals surface area contributed by atoms with E-state index in [4.69, 9.17) is 9.47 Å². The second-order valence-electron chi connectivity index (χ2n) is 8.29. The third-order valence-electron chi connectivity index (χ3n) is 5.99. The summed E-state index contributed by atoms with van der Waals surface area (Å²) in [6, 6.07) is 18.6. The van der Waals surface area contributed by atoms with Crippen LogP contribution in [0.25, 0.3) is 0 Å². The van der Waals surface area contributed by atoms with Crippen LogP contribution in [0.3, 0.4) is 0 Å². The van der Waals surface area contributed by atoms with Crippen molar-refractivity contribution in [3.05, 3.63) is 65.7 Å². The number of benzene rings is 2. The van der Waals surface area contributed by atoms with Gasteiger partial charge >= 0.3 is 0 Å². The van der Waals surface area contributed by atoms with Crippen molar-refractivity contribution >= 4 is 5.91 Å². The second kappa shape index (κ2) is 12.5. The number of nitrogens with one attached hydrogen (secondary N) is 1. The van der Waals surface area contributed by atoms with Crippen LogP contribution in [-0.2, 0) is 16.1 Å². The predicted molar refractivity (Wildman–Crippen MR) is 124 cm³/mol. The van der Waals surface area contributed by atoms with Gasteiger partial charge in [-0.05, 0) is 49.6 Å². The van der Waals surface area contributed by atoms with Crippen molar-refractivity contribution in [2.24, 2.45) is 0 Å². The van der Waals surface area contributed by atoms with Crippen LogP contribution in [-0.4, -0.2) is 50.3 Å². The molecule has 2 aromatic carbocycles. The molecule has 1 heterocycles. The summed E-state index contributed by atoms with van der Waals surface area (Å²) in [7, 11) is 2.16. The van der Waals surface area contributed by atoms with Gasteiger partial charge in [0.15, 0.2) is 0 Å². The van der Waals surface area contributed by atoms with Crippen molar-refractivity contribution in [3.8, 4) is 5.75 Å². The Kier molecular flexibility index (Phi) is 9.38. The summed E-state index contributed by atoms with van der Waals surface area (Å²) in [5, 5.41) is 3.11. The number of nitrogens with zero attached hydrogens (tertiary/aromatic N) is 1. The van der Waals surface area contributed by atoms with E-state index in [1.807, 2.05) is 54.6 Å². The van der Waals surface area contributed by atoms with Gasteiger partial charge in [-0.15, -0.1) is 0 Å². The number of amides is 1. The molecule has 168 valence electrons. The molecule has 0 bridgehead atoms. The van der Waals surface area contributed by atoms with Gasteiger partial charge in [0.05, 0.1) is 5.92 Å². The number of ether oxygens (including phenoxy) is 2. The van der Waals surface area contributed by atoms with Gasteiger partial charge in [-0.25, -0.2) is 0 Å². The third kappa shape index (κ3) is 7.37. The quantitative estimate of drug-likeness (QED) is 0.582. The molecule has 0 aliphatic carbocycles. The Balaban J connectivity index is 1.47. The van der Waals surface area contributed by atoms with Crippen molar-refractivity contribution in [2.45, 2.75) is 51.1 Å². The Morgan fingerprint density at radius 3 is 2.68 bits per heavy atom. The second-order valence-corrected chi connectivity index (χ2v) is 8.29. The maximum Gasteiger partial charge on any atom is 0.227 e. The molecule has 0 radical (unpaired) electrons. The topological polar surface area (TPSA) is 50.8 Å². The van der Waals surface area contributed by atoms with Crippen LogP contribution in [0.5, 0.6) is 5.75 Å². The highest BCUT2D eigenvalue weighted by Crippen LogP contribution is 2.22. The summed E-state index contributed by atoms with van der Waals surface area (Å²) in [6.45, 7) is 5.87. The molecule has 1 N–H and O–H groups in total. The maximum absolute atomic E-state index is 12.8. The molecule has 2 aromatic rings. The van der Waals surface area contributed by atoms with E-state index in [0.717, 1.165) is 62.3 Å². The molecular weight excluding hydrogens is 388 g/mol. The van der Waals surface area contributed by atoms with Gasteiger partial charge in [0.25, 0.3) is 0 Å². The lowest BCUT2D eigenvalue weighted by Gasteiger charge is -2.31. The van der Waals surface area contributed by atoms with Crippen molar-refractivity contribution in [2.75, 3.05) is 33.4 Å². The number of carbonyl (C=O) groups is 1. The molecule has 0 spiro atoms. The normalized spacial score (nSPS) is 15.6. The van der Waals surface area contributed by atoms with E-state index in [9.17, 15) is 4.79 Å². The monoisotopic (exact) mass is 424 g/mol. The van der Waals surface area contributed by atoms with Crippen molar-refractivity contribution in [1.82, 2.24) is 10.2 Å². The minimum Gasteiger partial charge on any atom is -0.492 e. The molecule has 0 saturated carbocycles. The molecule has 0 aromatic heterocycles. The number of likely N-dealkylation sites (N-methyl/N-ethyl adjacent to an activating group) is 1. The zero-order valence-corrected chi connectivity index (χ0v) is 18.9. The largest absolute Gasteiger partial charge is 0.492 e. The molecule has 1 aliphatic rings. The minimum atomic E-state index is -0.105. The van der Waals surface area contributed by atoms with Crippen molar-refractivity contribution < 1.29 is 14.3 Å². The summed E-state index contributed by atoms with van der Waals surface area (Å²) in [5.74, 6) is 0.823. The van der Waals surface area contributed by atoms with Gasteiger partial charge in [0, 0.05) is 32.3 Å².